The Morgan fingerprint density at radius 1 is 0.891 bits per heavy atom. The van der Waals surface area contributed by atoms with Gasteiger partial charge in [0.15, 0.2) is 5.13 Å². The van der Waals surface area contributed by atoms with Crippen molar-refractivity contribution in [2.75, 3.05) is 10.6 Å². The van der Waals surface area contributed by atoms with Gasteiger partial charge in [0.1, 0.15) is 11.5 Å². The summed E-state index contributed by atoms with van der Waals surface area (Å²) in [7, 11) is 0. The third-order valence-corrected chi connectivity index (χ3v) is 9.02. The maximum atomic E-state index is 13.5. The summed E-state index contributed by atoms with van der Waals surface area (Å²) >= 11 is 14.7. The van der Waals surface area contributed by atoms with Gasteiger partial charge in [-0.1, -0.05) is 65.7 Å². The van der Waals surface area contributed by atoms with Gasteiger partial charge in [-0.15, -0.1) is 23.1 Å². The Morgan fingerprint density at radius 2 is 1.65 bits per heavy atom. The molecule has 1 unspecified atom stereocenters. The van der Waals surface area contributed by atoms with Crippen molar-refractivity contribution in [1.29, 1.82) is 0 Å². The summed E-state index contributed by atoms with van der Waals surface area (Å²) in [4.78, 5) is 44.5. The van der Waals surface area contributed by atoms with Crippen molar-refractivity contribution in [2.45, 2.75) is 17.1 Å². The van der Waals surface area contributed by atoms with Crippen LogP contribution in [0.1, 0.15) is 22.8 Å². The summed E-state index contributed by atoms with van der Waals surface area (Å²) in [6, 6.07) is 26.2. The Morgan fingerprint density at radius 3 is 2.39 bits per heavy atom. The fourth-order valence-electron chi connectivity index (χ4n) is 4.10. The number of benzene rings is 4. The fourth-order valence-corrected chi connectivity index (χ4v) is 6.04. The molecule has 5 rings (SSSR count). The second kappa shape index (κ2) is 15.2. The van der Waals surface area contributed by atoms with E-state index in [4.69, 9.17) is 23.2 Å². The van der Waals surface area contributed by atoms with Gasteiger partial charge in [-0.05, 0) is 73.2 Å². The highest BCUT2D eigenvalue weighted by Crippen LogP contribution is 2.31. The lowest BCUT2D eigenvalue weighted by Gasteiger charge is -2.13. The van der Waals surface area contributed by atoms with Gasteiger partial charge >= 0.3 is 0 Å². The first-order valence-electron chi connectivity index (χ1n) is 13.8. The molecular formula is C34H25Cl2FN4O3S2. The molecule has 46 heavy (non-hydrogen) atoms. The average Bonchev–Trinajstić information content (AvgIpc) is 3.52. The van der Waals surface area contributed by atoms with Gasteiger partial charge in [-0.3, -0.25) is 14.4 Å². The zero-order valence-electron chi connectivity index (χ0n) is 24.1. The van der Waals surface area contributed by atoms with Gasteiger partial charge in [-0.25, -0.2) is 9.37 Å². The van der Waals surface area contributed by atoms with Crippen molar-refractivity contribution in [3.8, 4) is 11.3 Å². The van der Waals surface area contributed by atoms with Crippen LogP contribution in [0.4, 0.5) is 15.2 Å². The molecule has 0 saturated carbocycles. The highest BCUT2D eigenvalue weighted by Gasteiger charge is 2.19. The fraction of sp³-hybridized carbons (Fsp3) is 0.0588. The summed E-state index contributed by atoms with van der Waals surface area (Å²) in [5, 5.41) is 10.9. The summed E-state index contributed by atoms with van der Waals surface area (Å²) in [5.41, 5.74) is 2.75. The molecule has 7 nitrogen and oxygen atoms in total. The molecule has 0 fully saturated rings. The molecule has 0 bridgehead atoms. The van der Waals surface area contributed by atoms with Gasteiger partial charge in [0, 0.05) is 27.1 Å². The lowest BCUT2D eigenvalue weighted by Crippen LogP contribution is -2.30. The first-order chi connectivity index (χ1) is 22.1. The highest BCUT2D eigenvalue weighted by atomic mass is 35.5. The first kappa shape index (κ1) is 32.9. The first-order valence-corrected chi connectivity index (χ1v) is 16.3. The quantitative estimate of drug-likeness (QED) is 0.100. The predicted octanol–water partition coefficient (Wildman–Crippen LogP) is 8.78. The molecule has 232 valence electrons. The highest BCUT2D eigenvalue weighted by molar-refractivity contribution is 8.00. The normalized spacial score (nSPS) is 11.9. The number of carbonyl (C=O) groups is 3. The van der Waals surface area contributed by atoms with Crippen LogP contribution in [0.25, 0.3) is 17.3 Å². The number of carbonyl (C=O) groups excluding carboxylic acids is 3. The van der Waals surface area contributed by atoms with E-state index in [9.17, 15) is 18.8 Å². The lowest BCUT2D eigenvalue weighted by atomic mass is 10.1. The summed E-state index contributed by atoms with van der Waals surface area (Å²) < 4.78 is 13.5. The van der Waals surface area contributed by atoms with E-state index in [0.717, 1.165) is 10.5 Å². The van der Waals surface area contributed by atoms with E-state index in [1.54, 1.807) is 73.7 Å². The van der Waals surface area contributed by atoms with Crippen LogP contribution in [0, 0.1) is 5.82 Å². The third kappa shape index (κ3) is 8.82. The van der Waals surface area contributed by atoms with E-state index >= 15 is 0 Å². The van der Waals surface area contributed by atoms with Crippen LogP contribution in [0.3, 0.4) is 0 Å². The van der Waals surface area contributed by atoms with E-state index in [1.807, 2.05) is 11.4 Å². The largest absolute Gasteiger partial charge is 0.321 e. The standard InChI is InChI=1S/C34H25Cl2FN4O3S2/c1-20(31(42)41-34-40-30(19-45-34)23-12-15-27(35)28(36)17-23)46-26-9-5-8-25(18-26)38-33(44)29(16-21-10-13-24(37)14-11-21)39-32(43)22-6-3-2-4-7-22/h2-20H,1H3,(H,38,44)(H,39,43)(H,40,41,42)/b29-16-. The second-order valence-electron chi connectivity index (χ2n) is 9.83. The van der Waals surface area contributed by atoms with E-state index < -0.39 is 22.9 Å². The molecule has 0 radical (unpaired) electrons. The number of aromatic nitrogens is 1. The Balaban J connectivity index is 1.25. The molecule has 4 aromatic carbocycles. The number of halogens is 3. The Kier molecular flexibility index (Phi) is 10.9. The molecule has 3 amide bonds. The zero-order chi connectivity index (χ0) is 32.6. The number of amides is 3. The van der Waals surface area contributed by atoms with Crippen molar-refractivity contribution in [2.24, 2.45) is 0 Å². The molecule has 12 heteroatoms. The monoisotopic (exact) mass is 690 g/mol. The van der Waals surface area contributed by atoms with Crippen molar-refractivity contribution >= 4 is 80.9 Å². The van der Waals surface area contributed by atoms with Crippen LogP contribution in [0.5, 0.6) is 0 Å². The van der Waals surface area contributed by atoms with E-state index in [1.165, 1.54) is 53.4 Å². The van der Waals surface area contributed by atoms with Gasteiger partial charge in [0.2, 0.25) is 5.91 Å². The van der Waals surface area contributed by atoms with Crippen molar-refractivity contribution < 1.29 is 18.8 Å². The Labute approximate surface area is 282 Å². The molecule has 3 N–H and O–H groups in total. The molecule has 0 aliphatic heterocycles. The van der Waals surface area contributed by atoms with Gasteiger partial charge < -0.3 is 16.0 Å². The van der Waals surface area contributed by atoms with Gasteiger partial charge in [0.05, 0.1) is 21.0 Å². The van der Waals surface area contributed by atoms with Crippen LogP contribution >= 0.6 is 46.3 Å². The molecule has 1 aromatic heterocycles. The molecule has 0 aliphatic carbocycles. The number of hydrogen-bond acceptors (Lipinski definition) is 6. The van der Waals surface area contributed by atoms with Crippen LogP contribution < -0.4 is 16.0 Å². The summed E-state index contributed by atoms with van der Waals surface area (Å²) in [5.74, 6) is -1.73. The third-order valence-electron chi connectivity index (χ3n) is 6.43. The topological polar surface area (TPSA) is 100 Å². The van der Waals surface area contributed by atoms with Crippen molar-refractivity contribution in [3.05, 3.63) is 135 Å². The molecule has 0 saturated heterocycles. The summed E-state index contributed by atoms with van der Waals surface area (Å²) in [6.07, 6.45) is 1.46. The van der Waals surface area contributed by atoms with Crippen molar-refractivity contribution in [3.63, 3.8) is 0 Å². The zero-order valence-corrected chi connectivity index (χ0v) is 27.2. The smallest absolute Gasteiger partial charge is 0.272 e. The number of thiazole rings is 1. The van der Waals surface area contributed by atoms with Crippen molar-refractivity contribution in [1.82, 2.24) is 10.3 Å². The average molecular weight is 692 g/mol. The maximum Gasteiger partial charge on any atom is 0.272 e. The lowest BCUT2D eigenvalue weighted by molar-refractivity contribution is -0.115. The second-order valence-corrected chi connectivity index (χ2v) is 12.9. The molecule has 1 heterocycles. The molecular weight excluding hydrogens is 666 g/mol. The van der Waals surface area contributed by atoms with Gasteiger partial charge in [0.25, 0.3) is 11.8 Å². The molecule has 0 spiro atoms. The van der Waals surface area contributed by atoms with E-state index in [0.29, 0.717) is 37.7 Å². The number of nitrogens with one attached hydrogen (secondary N) is 3. The van der Waals surface area contributed by atoms with E-state index in [2.05, 4.69) is 20.9 Å². The van der Waals surface area contributed by atoms with Crippen LogP contribution in [-0.4, -0.2) is 28.0 Å². The number of rotatable bonds is 10. The van der Waals surface area contributed by atoms with Crippen LogP contribution in [-0.2, 0) is 9.59 Å². The minimum atomic E-state index is -0.580. The van der Waals surface area contributed by atoms with Crippen LogP contribution in [0.15, 0.2) is 113 Å². The molecule has 0 aliphatic rings. The molecule has 5 aromatic rings. The minimum Gasteiger partial charge on any atom is -0.321 e. The Hall–Kier alpha value is -4.48. The van der Waals surface area contributed by atoms with Gasteiger partial charge in [-0.2, -0.15) is 0 Å². The minimum absolute atomic E-state index is 0.0325. The number of anilines is 2. The SMILES string of the molecule is CC(Sc1cccc(NC(=O)/C(=C/c2ccc(F)cc2)NC(=O)c2ccccc2)c1)C(=O)Nc1nc(-c2ccc(Cl)c(Cl)c2)cs1. The number of hydrogen-bond donors (Lipinski definition) is 3. The van der Waals surface area contributed by atoms with E-state index in [-0.39, 0.29) is 11.6 Å². The van der Waals surface area contributed by atoms with Crippen LogP contribution in [0.2, 0.25) is 10.0 Å². The Bertz CT molecular complexity index is 1920. The number of thioether (sulfide) groups is 1. The summed E-state index contributed by atoms with van der Waals surface area (Å²) in [6.45, 7) is 1.77. The maximum absolute atomic E-state index is 13.5. The number of nitrogens with zero attached hydrogens (tertiary/aromatic N) is 1. The predicted molar refractivity (Wildman–Crippen MR) is 185 cm³/mol. The molecule has 1 atom stereocenters.